The first-order valence-electron chi connectivity index (χ1n) is 7.28. The highest BCUT2D eigenvalue weighted by molar-refractivity contribution is 14.0. The lowest BCUT2D eigenvalue weighted by molar-refractivity contribution is 0.232. The minimum absolute atomic E-state index is 0. The Hall–Kier alpha value is -0.700. The number of nitrogens with zero attached hydrogens (tertiary/aromatic N) is 2. The molecule has 126 valence electrons. The lowest BCUT2D eigenvalue weighted by atomic mass is 10.3. The lowest BCUT2D eigenvalue weighted by Gasteiger charge is -2.11. The zero-order valence-corrected chi connectivity index (χ0v) is 16.9. The molecule has 7 heteroatoms. The van der Waals surface area contributed by atoms with Gasteiger partial charge in [-0.1, -0.05) is 6.07 Å². The molecule has 0 aliphatic carbocycles. The van der Waals surface area contributed by atoms with E-state index in [4.69, 9.17) is 4.74 Å². The molecule has 22 heavy (non-hydrogen) atoms. The molecule has 0 atom stereocenters. The number of nitrogens with one attached hydrogen (secondary N) is 2. The van der Waals surface area contributed by atoms with Gasteiger partial charge in [0.05, 0.1) is 12.6 Å². The second-order valence-electron chi connectivity index (χ2n) is 4.79. The van der Waals surface area contributed by atoms with Gasteiger partial charge in [0.2, 0.25) is 5.88 Å². The summed E-state index contributed by atoms with van der Waals surface area (Å²) in [4.78, 5) is 8.83. The quantitative estimate of drug-likeness (QED) is 0.283. The van der Waals surface area contributed by atoms with Crippen molar-refractivity contribution in [1.29, 1.82) is 0 Å². The number of aromatic nitrogens is 1. The Labute approximate surface area is 155 Å². The van der Waals surface area contributed by atoms with Crippen molar-refractivity contribution in [3.05, 3.63) is 23.9 Å². The summed E-state index contributed by atoms with van der Waals surface area (Å²) in [6, 6.07) is 3.89. The Morgan fingerprint density at radius 1 is 1.36 bits per heavy atom. The molecule has 0 bridgehead atoms. The molecule has 0 aromatic carbocycles. The fourth-order valence-corrected chi connectivity index (χ4v) is 1.91. The Bertz CT molecular complexity index is 426. The summed E-state index contributed by atoms with van der Waals surface area (Å²) in [5.41, 5.74) is 1.06. The number of aliphatic imine (C=N–C) groups is 1. The van der Waals surface area contributed by atoms with Crippen molar-refractivity contribution >= 4 is 41.7 Å². The highest BCUT2D eigenvalue weighted by Crippen LogP contribution is 2.10. The summed E-state index contributed by atoms with van der Waals surface area (Å²) >= 11 is 1.81. The summed E-state index contributed by atoms with van der Waals surface area (Å²) in [7, 11) is 0. The normalized spacial score (nSPS) is 11.0. The van der Waals surface area contributed by atoms with Crippen molar-refractivity contribution in [1.82, 2.24) is 15.6 Å². The largest absolute Gasteiger partial charge is 0.475 e. The predicted molar refractivity (Wildman–Crippen MR) is 107 cm³/mol. The number of rotatable bonds is 8. The van der Waals surface area contributed by atoms with Crippen LogP contribution in [-0.4, -0.2) is 42.1 Å². The second-order valence-corrected chi connectivity index (χ2v) is 5.77. The molecule has 0 aliphatic heterocycles. The first-order chi connectivity index (χ1) is 10.2. The molecule has 2 N–H and O–H groups in total. The third-order valence-electron chi connectivity index (χ3n) is 2.52. The van der Waals surface area contributed by atoms with E-state index in [1.165, 1.54) is 0 Å². The van der Waals surface area contributed by atoms with Gasteiger partial charge >= 0.3 is 0 Å². The Kier molecular flexibility index (Phi) is 12.4. The fraction of sp³-hybridized carbons (Fsp3) is 0.600. The summed E-state index contributed by atoms with van der Waals surface area (Å²) in [5, 5.41) is 6.54. The van der Waals surface area contributed by atoms with E-state index in [1.54, 1.807) is 0 Å². The number of hydrogen-bond acceptors (Lipinski definition) is 4. The van der Waals surface area contributed by atoms with Crippen LogP contribution in [-0.2, 0) is 6.54 Å². The van der Waals surface area contributed by atoms with Crippen molar-refractivity contribution in [2.24, 2.45) is 4.99 Å². The first-order valence-corrected chi connectivity index (χ1v) is 8.67. The van der Waals surface area contributed by atoms with Crippen LogP contribution in [0, 0.1) is 0 Å². The van der Waals surface area contributed by atoms with Crippen LogP contribution in [0.1, 0.15) is 26.3 Å². The Morgan fingerprint density at radius 3 is 2.68 bits per heavy atom. The van der Waals surface area contributed by atoms with E-state index >= 15 is 0 Å². The van der Waals surface area contributed by atoms with Gasteiger partial charge in [-0.2, -0.15) is 11.8 Å². The minimum Gasteiger partial charge on any atom is -0.475 e. The van der Waals surface area contributed by atoms with E-state index in [2.05, 4.69) is 33.8 Å². The number of thioether (sulfide) groups is 1. The maximum absolute atomic E-state index is 5.52. The summed E-state index contributed by atoms with van der Waals surface area (Å²) in [6.07, 6.45) is 4.05. The van der Waals surface area contributed by atoms with Gasteiger partial charge in [0.25, 0.3) is 0 Å². The maximum Gasteiger partial charge on any atom is 0.213 e. The molecule has 0 spiro atoms. The van der Waals surface area contributed by atoms with Crippen LogP contribution in [0.15, 0.2) is 23.3 Å². The summed E-state index contributed by atoms with van der Waals surface area (Å²) in [6.45, 7) is 8.40. The van der Waals surface area contributed by atoms with Crippen LogP contribution in [0.4, 0.5) is 0 Å². The maximum atomic E-state index is 5.52. The van der Waals surface area contributed by atoms with Crippen molar-refractivity contribution < 1.29 is 4.74 Å². The van der Waals surface area contributed by atoms with E-state index in [0.717, 1.165) is 30.4 Å². The number of ether oxygens (including phenoxy) is 1. The van der Waals surface area contributed by atoms with Crippen LogP contribution < -0.4 is 15.4 Å². The van der Waals surface area contributed by atoms with E-state index in [-0.39, 0.29) is 30.1 Å². The van der Waals surface area contributed by atoms with Crippen LogP contribution in [0.2, 0.25) is 0 Å². The van der Waals surface area contributed by atoms with Gasteiger partial charge in [-0.3, -0.25) is 0 Å². The van der Waals surface area contributed by atoms with Gasteiger partial charge < -0.3 is 15.4 Å². The van der Waals surface area contributed by atoms with Gasteiger partial charge in [-0.25, -0.2) is 9.98 Å². The summed E-state index contributed by atoms with van der Waals surface area (Å²) in [5.74, 6) is 2.56. The molecular formula is C15H27IN4OS. The molecule has 0 saturated heterocycles. The molecule has 0 fully saturated rings. The van der Waals surface area contributed by atoms with Gasteiger partial charge in [-0.05, 0) is 32.6 Å². The molecule has 1 aromatic rings. The third-order valence-corrected chi connectivity index (χ3v) is 3.13. The number of guanidine groups is 1. The Balaban J connectivity index is 0.00000441. The van der Waals surface area contributed by atoms with Crippen molar-refractivity contribution in [3.63, 3.8) is 0 Å². The smallest absolute Gasteiger partial charge is 0.213 e. The molecule has 1 aromatic heterocycles. The van der Waals surface area contributed by atoms with Gasteiger partial charge in [0, 0.05) is 31.1 Å². The molecule has 0 amide bonds. The predicted octanol–water partition coefficient (Wildman–Crippen LogP) is 2.90. The first kappa shape index (κ1) is 21.3. The Morgan fingerprint density at radius 2 is 2.14 bits per heavy atom. The summed E-state index contributed by atoms with van der Waals surface area (Å²) < 4.78 is 5.52. The van der Waals surface area contributed by atoms with Gasteiger partial charge in [0.1, 0.15) is 0 Å². The van der Waals surface area contributed by atoms with Crippen molar-refractivity contribution in [2.75, 3.05) is 25.1 Å². The fourth-order valence-electron chi connectivity index (χ4n) is 1.60. The van der Waals surface area contributed by atoms with Crippen LogP contribution in [0.25, 0.3) is 0 Å². The van der Waals surface area contributed by atoms with Crippen molar-refractivity contribution in [3.8, 4) is 5.88 Å². The number of halogens is 1. The van der Waals surface area contributed by atoms with Crippen LogP contribution >= 0.6 is 35.7 Å². The van der Waals surface area contributed by atoms with E-state index in [9.17, 15) is 0 Å². The van der Waals surface area contributed by atoms with Gasteiger partial charge in [-0.15, -0.1) is 24.0 Å². The van der Waals surface area contributed by atoms with Gasteiger partial charge in [0.15, 0.2) is 5.96 Å². The lowest BCUT2D eigenvalue weighted by Crippen LogP contribution is -2.38. The van der Waals surface area contributed by atoms with E-state index in [0.29, 0.717) is 12.4 Å². The molecule has 5 nitrogen and oxygen atoms in total. The molecule has 0 unspecified atom stereocenters. The third kappa shape index (κ3) is 9.34. The zero-order chi connectivity index (χ0) is 15.5. The molecule has 0 saturated carbocycles. The molecule has 1 heterocycles. The number of pyridine rings is 1. The zero-order valence-electron chi connectivity index (χ0n) is 13.8. The molecule has 0 aliphatic rings. The second kappa shape index (κ2) is 12.8. The average molecular weight is 438 g/mol. The molecule has 0 radical (unpaired) electrons. The SMILES string of the molecule is CCNC(=NCc1ccc(OC(C)C)nc1)NCCSC.I. The highest BCUT2D eigenvalue weighted by Gasteiger charge is 2.00. The standard InChI is InChI=1S/C15H26N4OS.HI/c1-5-16-15(17-8-9-21-4)19-11-13-6-7-14(18-10-13)20-12(2)3;/h6-7,10,12H,5,8-9,11H2,1-4H3,(H2,16,17,19);1H. The van der Waals surface area contributed by atoms with Crippen LogP contribution in [0.3, 0.4) is 0 Å². The van der Waals surface area contributed by atoms with E-state index in [1.807, 2.05) is 43.9 Å². The average Bonchev–Trinajstić information content (AvgIpc) is 2.46. The highest BCUT2D eigenvalue weighted by atomic mass is 127. The topological polar surface area (TPSA) is 58.5 Å². The minimum atomic E-state index is 0. The number of hydrogen-bond donors (Lipinski definition) is 2. The van der Waals surface area contributed by atoms with Crippen molar-refractivity contribution in [2.45, 2.75) is 33.4 Å². The molecular weight excluding hydrogens is 411 g/mol. The van der Waals surface area contributed by atoms with Crippen LogP contribution in [0.5, 0.6) is 5.88 Å². The molecule has 1 rings (SSSR count). The monoisotopic (exact) mass is 438 g/mol. The van der Waals surface area contributed by atoms with E-state index < -0.39 is 0 Å².